The van der Waals surface area contributed by atoms with Gasteiger partial charge in [0.25, 0.3) is 0 Å². The summed E-state index contributed by atoms with van der Waals surface area (Å²) >= 11 is 0. The molecular formula is C45H45N. The molecule has 0 bridgehead atoms. The fourth-order valence-corrected chi connectivity index (χ4v) is 6.57. The summed E-state index contributed by atoms with van der Waals surface area (Å²) in [5.41, 5.74) is 9.58. The molecular weight excluding hydrogens is 555 g/mol. The standard InChI is InChI=1S/C45H45N/c1-10-46(11-2)41-29-34(19-13-32-16-22-36(23-17-32)45(7,8)9)39-25-24-37-30(3)28-33(38-26-27-40(41)43(39)42(37)38)18-12-31-14-20-35(21-15-31)44(4,5)6/h14-17,20-29H,10-11H2,1-9H3. The van der Waals surface area contributed by atoms with Crippen LogP contribution in [0.25, 0.3) is 32.3 Å². The number of aryl methyl sites for hydroxylation is 1. The topological polar surface area (TPSA) is 3.24 Å². The number of anilines is 1. The van der Waals surface area contributed by atoms with Crippen molar-refractivity contribution in [3.8, 4) is 23.7 Å². The number of benzene rings is 6. The van der Waals surface area contributed by atoms with E-state index >= 15 is 0 Å². The Bertz CT molecular complexity index is 2170. The van der Waals surface area contributed by atoms with E-state index in [9.17, 15) is 0 Å². The molecule has 1 heteroatoms. The minimum Gasteiger partial charge on any atom is -0.372 e. The van der Waals surface area contributed by atoms with Crippen molar-refractivity contribution in [1.29, 1.82) is 0 Å². The maximum Gasteiger partial charge on any atom is 0.0458 e. The quantitative estimate of drug-likeness (QED) is 0.144. The fourth-order valence-electron chi connectivity index (χ4n) is 6.57. The second-order valence-corrected chi connectivity index (χ2v) is 14.6. The monoisotopic (exact) mass is 599 g/mol. The zero-order valence-electron chi connectivity index (χ0n) is 28.9. The van der Waals surface area contributed by atoms with Gasteiger partial charge in [0.15, 0.2) is 0 Å². The largest absolute Gasteiger partial charge is 0.372 e. The van der Waals surface area contributed by atoms with Crippen LogP contribution in [0.4, 0.5) is 5.69 Å². The summed E-state index contributed by atoms with van der Waals surface area (Å²) in [6.45, 7) is 22.0. The molecule has 0 radical (unpaired) electrons. The zero-order valence-corrected chi connectivity index (χ0v) is 28.9. The highest BCUT2D eigenvalue weighted by molar-refractivity contribution is 6.27. The lowest BCUT2D eigenvalue weighted by Gasteiger charge is -2.25. The van der Waals surface area contributed by atoms with Gasteiger partial charge in [-0.15, -0.1) is 0 Å². The molecule has 6 aromatic carbocycles. The lowest BCUT2D eigenvalue weighted by Crippen LogP contribution is -2.22. The molecule has 0 atom stereocenters. The normalized spacial score (nSPS) is 11.8. The second kappa shape index (κ2) is 11.9. The first kappa shape index (κ1) is 31.3. The van der Waals surface area contributed by atoms with Gasteiger partial charge in [-0.3, -0.25) is 0 Å². The maximum atomic E-state index is 3.60. The lowest BCUT2D eigenvalue weighted by atomic mass is 9.86. The molecule has 230 valence electrons. The Hall–Kier alpha value is -4.72. The van der Waals surface area contributed by atoms with Crippen LogP contribution in [0.2, 0.25) is 0 Å². The third-order valence-corrected chi connectivity index (χ3v) is 9.37. The van der Waals surface area contributed by atoms with Gasteiger partial charge in [-0.25, -0.2) is 0 Å². The molecule has 0 spiro atoms. The number of hydrogen-bond donors (Lipinski definition) is 0. The zero-order chi connectivity index (χ0) is 32.8. The van der Waals surface area contributed by atoms with Crippen LogP contribution in [-0.4, -0.2) is 13.1 Å². The molecule has 6 rings (SSSR count). The summed E-state index contributed by atoms with van der Waals surface area (Å²) in [5.74, 6) is 14.1. The molecule has 1 nitrogen and oxygen atoms in total. The third-order valence-electron chi connectivity index (χ3n) is 9.37. The highest BCUT2D eigenvalue weighted by atomic mass is 15.1. The molecule has 0 heterocycles. The predicted molar refractivity (Wildman–Crippen MR) is 201 cm³/mol. The summed E-state index contributed by atoms with van der Waals surface area (Å²) < 4.78 is 0. The summed E-state index contributed by atoms with van der Waals surface area (Å²) in [6, 6.07) is 31.1. The van der Waals surface area contributed by atoms with E-state index in [1.807, 2.05) is 0 Å². The van der Waals surface area contributed by atoms with E-state index in [0.717, 1.165) is 35.3 Å². The molecule has 0 aromatic heterocycles. The van der Waals surface area contributed by atoms with Gasteiger partial charge >= 0.3 is 0 Å². The molecule has 0 unspecified atom stereocenters. The predicted octanol–water partition coefficient (Wildman–Crippen LogP) is 11.1. The first-order chi connectivity index (χ1) is 21.9. The Kier molecular flexibility index (Phi) is 8.09. The third kappa shape index (κ3) is 5.84. The summed E-state index contributed by atoms with van der Waals surface area (Å²) in [7, 11) is 0. The Morgan fingerprint density at radius 1 is 0.500 bits per heavy atom. The van der Waals surface area contributed by atoms with Crippen LogP contribution < -0.4 is 4.90 Å². The van der Waals surface area contributed by atoms with Crippen molar-refractivity contribution in [2.24, 2.45) is 0 Å². The maximum absolute atomic E-state index is 3.60. The van der Waals surface area contributed by atoms with Crippen LogP contribution in [0, 0.1) is 30.6 Å². The van der Waals surface area contributed by atoms with Crippen molar-refractivity contribution in [2.75, 3.05) is 18.0 Å². The van der Waals surface area contributed by atoms with Gasteiger partial charge in [-0.2, -0.15) is 0 Å². The van der Waals surface area contributed by atoms with E-state index in [2.05, 4.69) is 176 Å². The van der Waals surface area contributed by atoms with Crippen molar-refractivity contribution < 1.29 is 0 Å². The van der Waals surface area contributed by atoms with Gasteiger partial charge in [0.2, 0.25) is 0 Å². The van der Waals surface area contributed by atoms with E-state index < -0.39 is 0 Å². The summed E-state index contributed by atoms with van der Waals surface area (Å²) in [4.78, 5) is 2.45. The first-order valence-electron chi connectivity index (χ1n) is 16.6. The summed E-state index contributed by atoms with van der Waals surface area (Å²) in [6.07, 6.45) is 0. The average Bonchev–Trinajstić information content (AvgIpc) is 3.03. The Morgan fingerprint density at radius 2 is 0.913 bits per heavy atom. The fraction of sp³-hybridized carbons (Fsp3) is 0.289. The summed E-state index contributed by atoms with van der Waals surface area (Å²) in [5, 5.41) is 7.53. The van der Waals surface area contributed by atoms with Gasteiger partial charge in [-0.05, 0) is 106 Å². The van der Waals surface area contributed by atoms with E-state index in [1.165, 1.54) is 54.7 Å². The van der Waals surface area contributed by atoms with Crippen molar-refractivity contribution >= 4 is 38.0 Å². The smallest absolute Gasteiger partial charge is 0.0458 e. The minimum absolute atomic E-state index is 0.120. The molecule has 0 aliphatic heterocycles. The van der Waals surface area contributed by atoms with Crippen molar-refractivity contribution in [3.05, 3.63) is 124 Å². The van der Waals surface area contributed by atoms with Crippen LogP contribution >= 0.6 is 0 Å². The van der Waals surface area contributed by atoms with Gasteiger partial charge in [-0.1, -0.05) is 114 Å². The van der Waals surface area contributed by atoms with Crippen molar-refractivity contribution in [3.63, 3.8) is 0 Å². The van der Waals surface area contributed by atoms with E-state index in [4.69, 9.17) is 0 Å². The Balaban J connectivity index is 1.55. The molecule has 0 aliphatic rings. The number of nitrogens with zero attached hydrogens (tertiary/aromatic N) is 1. The molecule has 0 fully saturated rings. The van der Waals surface area contributed by atoms with Crippen molar-refractivity contribution in [1.82, 2.24) is 0 Å². The van der Waals surface area contributed by atoms with Crippen LogP contribution in [0.3, 0.4) is 0 Å². The SMILES string of the molecule is CCN(CC)c1cc(C#Cc2ccc(C(C)(C)C)cc2)c2ccc3c(C)cc(C#Cc4ccc(C(C)(C)C)cc4)c4ccc1c2c34. The average molecular weight is 600 g/mol. The Labute approximate surface area is 276 Å². The van der Waals surface area contributed by atoms with Gasteiger partial charge in [0, 0.05) is 51.8 Å². The van der Waals surface area contributed by atoms with Crippen LogP contribution in [0.15, 0.2) is 84.9 Å². The number of hydrogen-bond acceptors (Lipinski definition) is 1. The van der Waals surface area contributed by atoms with Gasteiger partial charge < -0.3 is 4.90 Å². The Morgan fingerprint density at radius 3 is 1.37 bits per heavy atom. The molecule has 0 amide bonds. The minimum atomic E-state index is 0.120. The molecule has 0 saturated heterocycles. The molecule has 0 saturated carbocycles. The van der Waals surface area contributed by atoms with E-state index in [0.29, 0.717) is 0 Å². The highest BCUT2D eigenvalue weighted by Crippen LogP contribution is 2.42. The van der Waals surface area contributed by atoms with Crippen LogP contribution in [-0.2, 0) is 10.8 Å². The van der Waals surface area contributed by atoms with Crippen molar-refractivity contribution in [2.45, 2.75) is 73.1 Å². The van der Waals surface area contributed by atoms with E-state index in [-0.39, 0.29) is 10.8 Å². The van der Waals surface area contributed by atoms with Crippen LogP contribution in [0.1, 0.15) is 94.3 Å². The van der Waals surface area contributed by atoms with Gasteiger partial charge in [0.05, 0.1) is 0 Å². The molecule has 0 aliphatic carbocycles. The molecule has 0 N–H and O–H groups in total. The second-order valence-electron chi connectivity index (χ2n) is 14.6. The highest BCUT2D eigenvalue weighted by Gasteiger charge is 2.19. The lowest BCUT2D eigenvalue weighted by molar-refractivity contribution is 0.590. The molecule has 6 aromatic rings. The van der Waals surface area contributed by atoms with Crippen LogP contribution in [0.5, 0.6) is 0 Å². The first-order valence-corrected chi connectivity index (χ1v) is 16.6. The molecule has 46 heavy (non-hydrogen) atoms. The number of rotatable bonds is 3. The van der Waals surface area contributed by atoms with Gasteiger partial charge in [0.1, 0.15) is 0 Å². The van der Waals surface area contributed by atoms with E-state index in [1.54, 1.807) is 0 Å².